The van der Waals surface area contributed by atoms with E-state index >= 15 is 0 Å². The quantitative estimate of drug-likeness (QED) is 0.834. The van der Waals surface area contributed by atoms with E-state index in [1.807, 2.05) is 0 Å². The Labute approximate surface area is 143 Å². The van der Waals surface area contributed by atoms with Crippen molar-refractivity contribution in [1.82, 2.24) is 9.78 Å². The zero-order chi connectivity index (χ0) is 17.7. The molecule has 0 radical (unpaired) electrons. The number of anilines is 1. The average Bonchev–Trinajstić information content (AvgIpc) is 2.50. The highest BCUT2D eigenvalue weighted by atomic mass is 35.5. The van der Waals surface area contributed by atoms with Crippen LogP contribution in [-0.2, 0) is 16.1 Å². The fraction of sp³-hybridized carbons (Fsp3) is 0.250. The molecule has 1 amide bonds. The Kier molecular flexibility index (Phi) is 5.70. The average molecular weight is 350 g/mol. The number of benzene rings is 1. The van der Waals surface area contributed by atoms with Crippen LogP contribution in [0.15, 0.2) is 35.1 Å². The molecule has 1 aromatic heterocycles. The highest BCUT2D eigenvalue weighted by Crippen LogP contribution is 2.14. The number of aryl methyl sites for hydroxylation is 1. The van der Waals surface area contributed by atoms with Gasteiger partial charge in [-0.1, -0.05) is 17.7 Å². The summed E-state index contributed by atoms with van der Waals surface area (Å²) in [6.07, 6.45) is 0. The first kappa shape index (κ1) is 17.7. The molecule has 0 unspecified atom stereocenters. The van der Waals surface area contributed by atoms with Gasteiger partial charge in [-0.3, -0.25) is 9.59 Å². The number of hydrogen-bond acceptors (Lipinski definition) is 5. The topological polar surface area (TPSA) is 90.3 Å². The maximum atomic E-state index is 12.3. The van der Waals surface area contributed by atoms with Crippen molar-refractivity contribution in [2.45, 2.75) is 20.4 Å². The van der Waals surface area contributed by atoms with Crippen LogP contribution in [0.3, 0.4) is 0 Å². The van der Waals surface area contributed by atoms with Crippen LogP contribution in [0.4, 0.5) is 5.69 Å². The lowest BCUT2D eigenvalue weighted by Gasteiger charge is -2.09. The summed E-state index contributed by atoms with van der Waals surface area (Å²) in [5.41, 5.74) is 0.0900. The third kappa shape index (κ3) is 4.42. The van der Waals surface area contributed by atoms with Crippen molar-refractivity contribution in [2.75, 3.05) is 11.9 Å². The van der Waals surface area contributed by atoms with E-state index < -0.39 is 17.4 Å². The minimum Gasteiger partial charge on any atom is -0.462 e. The molecule has 1 heterocycles. The molecule has 0 fully saturated rings. The van der Waals surface area contributed by atoms with Crippen molar-refractivity contribution < 1.29 is 14.3 Å². The second-order valence-corrected chi connectivity index (χ2v) is 5.38. The molecule has 8 heteroatoms. The minimum absolute atomic E-state index is 0.148. The third-order valence-corrected chi connectivity index (χ3v) is 3.23. The molecule has 0 saturated carbocycles. The number of amides is 1. The Morgan fingerprint density at radius 3 is 2.75 bits per heavy atom. The van der Waals surface area contributed by atoms with Gasteiger partial charge in [0.25, 0.3) is 5.56 Å². The Hall–Kier alpha value is -2.67. The number of nitrogens with zero attached hydrogens (tertiary/aromatic N) is 2. The van der Waals surface area contributed by atoms with E-state index in [0.717, 1.165) is 4.68 Å². The van der Waals surface area contributed by atoms with Gasteiger partial charge in [0, 0.05) is 10.7 Å². The number of halogens is 1. The van der Waals surface area contributed by atoms with Gasteiger partial charge < -0.3 is 10.1 Å². The van der Waals surface area contributed by atoms with E-state index in [1.54, 1.807) is 38.1 Å². The van der Waals surface area contributed by atoms with Gasteiger partial charge in [-0.2, -0.15) is 5.10 Å². The van der Waals surface area contributed by atoms with Crippen LogP contribution in [-0.4, -0.2) is 28.3 Å². The number of hydrogen-bond donors (Lipinski definition) is 1. The van der Waals surface area contributed by atoms with Gasteiger partial charge in [0.05, 0.1) is 12.3 Å². The number of carbonyl (C=O) groups excluding carboxylic acids is 2. The number of rotatable bonds is 5. The Morgan fingerprint density at radius 2 is 2.08 bits per heavy atom. The molecule has 0 saturated heterocycles. The van der Waals surface area contributed by atoms with Crippen molar-refractivity contribution in [2.24, 2.45) is 0 Å². The first-order valence-corrected chi connectivity index (χ1v) is 7.59. The summed E-state index contributed by atoms with van der Waals surface area (Å²) in [5, 5.41) is 7.07. The summed E-state index contributed by atoms with van der Waals surface area (Å²) in [6.45, 7) is 3.07. The lowest BCUT2D eigenvalue weighted by molar-refractivity contribution is -0.117. The molecular weight excluding hydrogens is 334 g/mol. The second-order valence-electron chi connectivity index (χ2n) is 4.94. The van der Waals surface area contributed by atoms with E-state index in [-0.39, 0.29) is 18.7 Å². The number of nitrogens with one attached hydrogen (secondary N) is 1. The molecule has 0 aliphatic carbocycles. The molecule has 24 heavy (non-hydrogen) atoms. The number of carbonyl (C=O) groups is 2. The first-order valence-electron chi connectivity index (χ1n) is 7.22. The monoisotopic (exact) mass is 349 g/mol. The van der Waals surface area contributed by atoms with Gasteiger partial charge in [0.15, 0.2) is 0 Å². The molecule has 0 bridgehead atoms. The first-order chi connectivity index (χ1) is 11.4. The Bertz CT molecular complexity index is 832. The molecule has 2 aromatic rings. The largest absolute Gasteiger partial charge is 0.462 e. The normalized spacial score (nSPS) is 10.3. The van der Waals surface area contributed by atoms with Crippen LogP contribution in [0.1, 0.15) is 23.0 Å². The number of ether oxygens (including phenoxy) is 1. The summed E-state index contributed by atoms with van der Waals surface area (Å²) in [4.78, 5) is 36.2. The molecule has 0 aliphatic rings. The van der Waals surface area contributed by atoms with Crippen molar-refractivity contribution >= 4 is 29.2 Å². The Morgan fingerprint density at radius 1 is 1.33 bits per heavy atom. The minimum atomic E-state index is -0.739. The molecule has 0 aliphatic heterocycles. The van der Waals surface area contributed by atoms with Crippen LogP contribution in [0.5, 0.6) is 0 Å². The molecule has 126 valence electrons. The van der Waals surface area contributed by atoms with E-state index in [1.165, 1.54) is 6.07 Å². The highest BCUT2D eigenvalue weighted by molar-refractivity contribution is 6.30. The van der Waals surface area contributed by atoms with Gasteiger partial charge in [-0.15, -0.1) is 0 Å². The SMILES string of the molecule is CCOC(=O)c1cc(C)nn(CC(=O)Nc2cccc(Cl)c2)c1=O. The van der Waals surface area contributed by atoms with Crippen molar-refractivity contribution in [3.63, 3.8) is 0 Å². The molecule has 2 rings (SSSR count). The van der Waals surface area contributed by atoms with Crippen molar-refractivity contribution in [3.8, 4) is 0 Å². The predicted molar refractivity (Wildman–Crippen MR) is 89.3 cm³/mol. The lowest BCUT2D eigenvalue weighted by atomic mass is 10.2. The molecule has 1 aromatic carbocycles. The molecule has 0 atom stereocenters. The van der Waals surface area contributed by atoms with Gasteiger partial charge in [-0.05, 0) is 38.1 Å². The van der Waals surface area contributed by atoms with Crippen LogP contribution in [0.2, 0.25) is 5.02 Å². The summed E-state index contributed by atoms with van der Waals surface area (Å²) in [6, 6.07) is 7.95. The standard InChI is InChI=1S/C16H16ClN3O4/c1-3-24-16(23)13-7-10(2)19-20(15(13)22)9-14(21)18-12-6-4-5-11(17)8-12/h4-8H,3,9H2,1-2H3,(H,18,21). The highest BCUT2D eigenvalue weighted by Gasteiger charge is 2.17. The van der Waals surface area contributed by atoms with Crippen molar-refractivity contribution in [1.29, 1.82) is 0 Å². The summed E-state index contributed by atoms with van der Waals surface area (Å²) >= 11 is 5.85. The summed E-state index contributed by atoms with van der Waals surface area (Å²) in [5.74, 6) is -1.20. The van der Waals surface area contributed by atoms with E-state index in [0.29, 0.717) is 16.4 Å². The zero-order valence-electron chi connectivity index (χ0n) is 13.2. The van der Waals surface area contributed by atoms with Crippen LogP contribution < -0.4 is 10.9 Å². The maximum Gasteiger partial charge on any atom is 0.343 e. The summed E-state index contributed by atoms with van der Waals surface area (Å²) < 4.78 is 5.77. The molecular formula is C16H16ClN3O4. The summed E-state index contributed by atoms with van der Waals surface area (Å²) in [7, 11) is 0. The molecule has 7 nitrogen and oxygen atoms in total. The number of aromatic nitrogens is 2. The van der Waals surface area contributed by atoms with E-state index in [9.17, 15) is 14.4 Å². The fourth-order valence-electron chi connectivity index (χ4n) is 2.04. The zero-order valence-corrected chi connectivity index (χ0v) is 14.0. The lowest BCUT2D eigenvalue weighted by Crippen LogP contribution is -2.34. The second kappa shape index (κ2) is 7.74. The van der Waals surface area contributed by atoms with Crippen molar-refractivity contribution in [3.05, 3.63) is 57.0 Å². The number of esters is 1. The van der Waals surface area contributed by atoms with Gasteiger partial charge in [0.2, 0.25) is 5.91 Å². The van der Waals surface area contributed by atoms with Crippen LogP contribution in [0, 0.1) is 6.92 Å². The van der Waals surface area contributed by atoms with Gasteiger partial charge in [0.1, 0.15) is 12.1 Å². The van der Waals surface area contributed by atoms with E-state index in [4.69, 9.17) is 16.3 Å². The van der Waals surface area contributed by atoms with E-state index in [2.05, 4.69) is 10.4 Å². The third-order valence-electron chi connectivity index (χ3n) is 2.99. The van der Waals surface area contributed by atoms with Crippen LogP contribution >= 0.6 is 11.6 Å². The van der Waals surface area contributed by atoms with Crippen LogP contribution in [0.25, 0.3) is 0 Å². The van der Waals surface area contributed by atoms with Gasteiger partial charge >= 0.3 is 5.97 Å². The smallest absolute Gasteiger partial charge is 0.343 e. The fourth-order valence-corrected chi connectivity index (χ4v) is 2.23. The maximum absolute atomic E-state index is 12.3. The Balaban J connectivity index is 2.21. The van der Waals surface area contributed by atoms with Gasteiger partial charge in [-0.25, -0.2) is 9.48 Å². The molecule has 1 N–H and O–H groups in total. The predicted octanol–water partition coefficient (Wildman–Crippen LogP) is 2.02. The molecule has 0 spiro atoms.